The van der Waals surface area contributed by atoms with Crippen molar-refractivity contribution in [3.8, 4) is 0 Å². The number of aliphatic carboxylic acids is 1. The number of carboxylic acids is 1. The van der Waals surface area contributed by atoms with Gasteiger partial charge in [0.25, 0.3) is 0 Å². The first kappa shape index (κ1) is 13.6. The topological polar surface area (TPSA) is 92.4 Å². The SMILES string of the molecule is CCc1cnc(CNC(=O)C2CCC(C(=O)O)C2)o1. The number of nitrogens with zero attached hydrogens (tertiary/aromatic N) is 1. The highest BCUT2D eigenvalue weighted by atomic mass is 16.4. The summed E-state index contributed by atoms with van der Waals surface area (Å²) in [6.45, 7) is 2.22. The first-order valence-electron chi connectivity index (χ1n) is 6.54. The molecule has 6 heteroatoms. The van der Waals surface area contributed by atoms with Crippen LogP contribution in [-0.4, -0.2) is 22.0 Å². The molecular formula is C13H18N2O4. The number of carbonyl (C=O) groups excluding carboxylic acids is 1. The zero-order valence-electron chi connectivity index (χ0n) is 10.9. The van der Waals surface area contributed by atoms with Gasteiger partial charge in [-0.25, -0.2) is 4.98 Å². The summed E-state index contributed by atoms with van der Waals surface area (Å²) in [5, 5.41) is 11.6. The smallest absolute Gasteiger partial charge is 0.306 e. The second kappa shape index (κ2) is 5.86. The van der Waals surface area contributed by atoms with Crippen LogP contribution < -0.4 is 5.32 Å². The largest absolute Gasteiger partial charge is 0.481 e. The minimum absolute atomic E-state index is 0.111. The van der Waals surface area contributed by atoms with Crippen LogP contribution in [0, 0.1) is 11.8 Å². The van der Waals surface area contributed by atoms with Crippen molar-refractivity contribution < 1.29 is 19.1 Å². The van der Waals surface area contributed by atoms with Crippen LogP contribution >= 0.6 is 0 Å². The molecule has 0 aliphatic heterocycles. The molecule has 1 heterocycles. The van der Waals surface area contributed by atoms with Crippen LogP contribution in [0.25, 0.3) is 0 Å². The number of carbonyl (C=O) groups is 2. The molecule has 19 heavy (non-hydrogen) atoms. The van der Waals surface area contributed by atoms with Gasteiger partial charge in [0.1, 0.15) is 5.76 Å². The third kappa shape index (κ3) is 3.33. The number of nitrogens with one attached hydrogen (secondary N) is 1. The van der Waals surface area contributed by atoms with Crippen molar-refractivity contribution in [1.82, 2.24) is 10.3 Å². The Morgan fingerprint density at radius 1 is 1.47 bits per heavy atom. The Morgan fingerprint density at radius 2 is 2.21 bits per heavy atom. The third-order valence-corrected chi connectivity index (χ3v) is 3.52. The minimum atomic E-state index is -0.810. The second-order valence-electron chi connectivity index (χ2n) is 4.84. The Hall–Kier alpha value is -1.85. The Balaban J connectivity index is 1.80. The fourth-order valence-corrected chi connectivity index (χ4v) is 2.34. The third-order valence-electron chi connectivity index (χ3n) is 3.52. The molecule has 0 aromatic carbocycles. The highest BCUT2D eigenvalue weighted by Gasteiger charge is 2.33. The number of carboxylic acid groups (broad SMARTS) is 1. The average molecular weight is 266 g/mol. The van der Waals surface area contributed by atoms with Gasteiger partial charge in [-0.1, -0.05) is 6.92 Å². The number of amides is 1. The van der Waals surface area contributed by atoms with Crippen molar-refractivity contribution in [3.63, 3.8) is 0 Å². The highest BCUT2D eigenvalue weighted by Crippen LogP contribution is 2.31. The van der Waals surface area contributed by atoms with Crippen molar-refractivity contribution in [3.05, 3.63) is 17.8 Å². The molecule has 6 nitrogen and oxygen atoms in total. The maximum Gasteiger partial charge on any atom is 0.306 e. The Morgan fingerprint density at radius 3 is 2.79 bits per heavy atom. The molecule has 104 valence electrons. The van der Waals surface area contributed by atoms with E-state index in [9.17, 15) is 9.59 Å². The fourth-order valence-electron chi connectivity index (χ4n) is 2.34. The first-order chi connectivity index (χ1) is 9.10. The quantitative estimate of drug-likeness (QED) is 0.839. The summed E-state index contributed by atoms with van der Waals surface area (Å²) in [6, 6.07) is 0. The van der Waals surface area contributed by atoms with E-state index in [1.807, 2.05) is 6.92 Å². The van der Waals surface area contributed by atoms with E-state index < -0.39 is 5.97 Å². The van der Waals surface area contributed by atoms with Gasteiger partial charge in [0.2, 0.25) is 11.8 Å². The van der Waals surface area contributed by atoms with Gasteiger partial charge in [0.15, 0.2) is 0 Å². The molecule has 2 atom stereocenters. The molecule has 1 saturated carbocycles. The number of aromatic nitrogens is 1. The van der Waals surface area contributed by atoms with E-state index >= 15 is 0 Å². The molecule has 2 rings (SSSR count). The van der Waals surface area contributed by atoms with Gasteiger partial charge in [0.05, 0.1) is 18.7 Å². The van der Waals surface area contributed by atoms with Crippen LogP contribution in [0.4, 0.5) is 0 Å². The van der Waals surface area contributed by atoms with E-state index in [0.29, 0.717) is 25.2 Å². The van der Waals surface area contributed by atoms with Crippen LogP contribution in [0.5, 0.6) is 0 Å². The number of oxazole rings is 1. The lowest BCUT2D eigenvalue weighted by atomic mass is 10.0. The molecule has 1 aliphatic carbocycles. The summed E-state index contributed by atoms with van der Waals surface area (Å²) in [5.74, 6) is -0.240. The van der Waals surface area contributed by atoms with Gasteiger partial charge in [0, 0.05) is 12.3 Å². The molecule has 1 aliphatic rings. The highest BCUT2D eigenvalue weighted by molar-refractivity contribution is 5.80. The number of aryl methyl sites for hydroxylation is 1. The Bertz CT molecular complexity index is 469. The number of hydrogen-bond donors (Lipinski definition) is 2. The van der Waals surface area contributed by atoms with E-state index in [2.05, 4.69) is 10.3 Å². The molecule has 0 spiro atoms. The van der Waals surface area contributed by atoms with Crippen LogP contribution in [-0.2, 0) is 22.6 Å². The molecule has 1 aromatic rings. The predicted octanol–water partition coefficient (Wildman–Crippen LogP) is 1.35. The molecule has 2 N–H and O–H groups in total. The van der Waals surface area contributed by atoms with Crippen molar-refractivity contribution in [2.45, 2.75) is 39.2 Å². The van der Waals surface area contributed by atoms with Crippen LogP contribution in [0.2, 0.25) is 0 Å². The molecule has 2 unspecified atom stereocenters. The fraction of sp³-hybridized carbons (Fsp3) is 0.615. The van der Waals surface area contributed by atoms with Crippen LogP contribution in [0.1, 0.15) is 37.8 Å². The molecular weight excluding hydrogens is 248 g/mol. The number of rotatable bonds is 5. The van der Waals surface area contributed by atoms with Crippen molar-refractivity contribution in [1.29, 1.82) is 0 Å². The maximum atomic E-state index is 11.9. The van der Waals surface area contributed by atoms with E-state index in [1.165, 1.54) is 0 Å². The lowest BCUT2D eigenvalue weighted by Gasteiger charge is -2.09. The van der Waals surface area contributed by atoms with Gasteiger partial charge < -0.3 is 14.8 Å². The molecule has 1 aromatic heterocycles. The summed E-state index contributed by atoms with van der Waals surface area (Å²) in [4.78, 5) is 26.8. The first-order valence-corrected chi connectivity index (χ1v) is 6.54. The molecule has 1 amide bonds. The van der Waals surface area contributed by atoms with Gasteiger partial charge >= 0.3 is 5.97 Å². The normalized spacial score (nSPS) is 22.4. The zero-order valence-corrected chi connectivity index (χ0v) is 10.9. The van der Waals surface area contributed by atoms with E-state index in [1.54, 1.807) is 6.20 Å². The summed E-state index contributed by atoms with van der Waals surface area (Å²) >= 11 is 0. The van der Waals surface area contributed by atoms with Gasteiger partial charge in [-0.3, -0.25) is 9.59 Å². The van der Waals surface area contributed by atoms with Gasteiger partial charge in [-0.2, -0.15) is 0 Å². The van der Waals surface area contributed by atoms with Crippen LogP contribution in [0.3, 0.4) is 0 Å². The Labute approximate surface area is 111 Å². The van der Waals surface area contributed by atoms with Crippen molar-refractivity contribution in [2.24, 2.45) is 11.8 Å². The molecule has 1 fully saturated rings. The van der Waals surface area contributed by atoms with E-state index in [4.69, 9.17) is 9.52 Å². The molecule has 0 saturated heterocycles. The van der Waals surface area contributed by atoms with E-state index in [-0.39, 0.29) is 24.3 Å². The molecule has 0 bridgehead atoms. The minimum Gasteiger partial charge on any atom is -0.481 e. The van der Waals surface area contributed by atoms with Gasteiger partial charge in [-0.15, -0.1) is 0 Å². The average Bonchev–Trinajstić information content (AvgIpc) is 3.04. The van der Waals surface area contributed by atoms with Gasteiger partial charge in [-0.05, 0) is 19.3 Å². The summed E-state index contributed by atoms with van der Waals surface area (Å²) in [7, 11) is 0. The second-order valence-corrected chi connectivity index (χ2v) is 4.84. The van der Waals surface area contributed by atoms with Crippen LogP contribution in [0.15, 0.2) is 10.6 Å². The lowest BCUT2D eigenvalue weighted by Crippen LogP contribution is -2.29. The lowest BCUT2D eigenvalue weighted by molar-refractivity contribution is -0.141. The zero-order chi connectivity index (χ0) is 13.8. The number of hydrogen-bond acceptors (Lipinski definition) is 4. The summed E-state index contributed by atoms with van der Waals surface area (Å²) < 4.78 is 5.39. The summed E-state index contributed by atoms with van der Waals surface area (Å²) in [5.41, 5.74) is 0. The van der Waals surface area contributed by atoms with Crippen molar-refractivity contribution in [2.75, 3.05) is 0 Å². The standard InChI is InChI=1S/C13H18N2O4/c1-2-10-6-14-11(19-10)7-15-12(16)8-3-4-9(5-8)13(17)18/h6,8-9H,2-5,7H2,1H3,(H,15,16)(H,17,18). The summed E-state index contributed by atoms with van der Waals surface area (Å²) in [6.07, 6.45) is 4.05. The van der Waals surface area contributed by atoms with Crippen molar-refractivity contribution >= 4 is 11.9 Å². The Kier molecular flexibility index (Phi) is 4.19. The molecule has 0 radical (unpaired) electrons. The monoisotopic (exact) mass is 266 g/mol. The van der Waals surface area contributed by atoms with E-state index in [0.717, 1.165) is 12.2 Å². The predicted molar refractivity (Wildman–Crippen MR) is 66.2 cm³/mol. The maximum absolute atomic E-state index is 11.9.